The predicted octanol–water partition coefficient (Wildman–Crippen LogP) is 4.97. The van der Waals surface area contributed by atoms with Crippen LogP contribution in [-0.4, -0.2) is 59.1 Å². The van der Waals surface area contributed by atoms with E-state index in [9.17, 15) is 4.79 Å². The van der Waals surface area contributed by atoms with E-state index in [4.69, 9.17) is 9.72 Å². The number of likely N-dealkylation sites (N-methyl/N-ethyl adjacent to an activating group) is 1. The Kier molecular flexibility index (Phi) is 7.74. The summed E-state index contributed by atoms with van der Waals surface area (Å²) in [6, 6.07) is 14.0. The van der Waals surface area contributed by atoms with Gasteiger partial charge in [-0.1, -0.05) is 24.8 Å². The van der Waals surface area contributed by atoms with Crippen molar-refractivity contribution < 1.29 is 9.53 Å². The topological polar surface area (TPSA) is 96.3 Å². The van der Waals surface area contributed by atoms with Gasteiger partial charge < -0.3 is 30.2 Å². The monoisotopic (exact) mass is 499 g/mol. The number of hydrogen-bond donors (Lipinski definition) is 3. The number of anilines is 4. The van der Waals surface area contributed by atoms with Crippen LogP contribution in [0.1, 0.15) is 12.5 Å². The van der Waals surface area contributed by atoms with Crippen LogP contribution < -0.4 is 20.7 Å². The molecule has 9 heteroatoms. The van der Waals surface area contributed by atoms with Crippen LogP contribution in [0.15, 0.2) is 67.5 Å². The summed E-state index contributed by atoms with van der Waals surface area (Å²) in [6.07, 6.45) is 5.01. The Bertz CT molecular complexity index is 1430. The van der Waals surface area contributed by atoms with Crippen LogP contribution in [-0.2, 0) is 4.79 Å². The smallest absolute Gasteiger partial charge is 0.247 e. The highest BCUT2D eigenvalue weighted by molar-refractivity contribution is 6.02. The molecule has 2 aromatic heterocycles. The van der Waals surface area contributed by atoms with Crippen LogP contribution in [0.3, 0.4) is 0 Å². The zero-order valence-electron chi connectivity index (χ0n) is 21.9. The van der Waals surface area contributed by atoms with Crippen molar-refractivity contribution in [1.29, 1.82) is 0 Å². The van der Waals surface area contributed by atoms with Crippen molar-refractivity contribution in [3.8, 4) is 11.6 Å². The van der Waals surface area contributed by atoms with Crippen molar-refractivity contribution in [1.82, 2.24) is 19.4 Å². The maximum absolute atomic E-state index is 12.2. The zero-order chi connectivity index (χ0) is 26.5. The standard InChI is InChI=1S/C28H33N7O2/c1-7-27(36)31-22-14-23(25(37-6)15-21(22)30-16-19(3)34(4)5)32-28-29-13-12-26(33-28)35-17-18(2)20-10-8-9-11-24(20)35/h7-15,17,19,30H,1,16H2,2-6H3,(H,31,36)(H,29,32,33). The van der Waals surface area contributed by atoms with Gasteiger partial charge in [-0.05, 0) is 57.8 Å². The summed E-state index contributed by atoms with van der Waals surface area (Å²) in [5.74, 6) is 1.40. The van der Waals surface area contributed by atoms with Gasteiger partial charge in [0.15, 0.2) is 0 Å². The lowest BCUT2D eigenvalue weighted by atomic mass is 10.2. The first kappa shape index (κ1) is 25.7. The minimum atomic E-state index is -0.312. The number of aryl methyl sites for hydroxylation is 1. The number of aromatic nitrogens is 3. The van der Waals surface area contributed by atoms with E-state index in [0.29, 0.717) is 29.6 Å². The van der Waals surface area contributed by atoms with Crippen molar-refractivity contribution in [3.63, 3.8) is 0 Å². The SMILES string of the molecule is C=CC(=O)Nc1cc(Nc2nccc(-n3cc(C)c4ccccc43)n2)c(OC)cc1NCC(C)N(C)C. The molecule has 0 spiro atoms. The highest BCUT2D eigenvalue weighted by Gasteiger charge is 2.15. The van der Waals surface area contributed by atoms with E-state index in [1.165, 1.54) is 17.0 Å². The molecule has 0 radical (unpaired) electrons. The Morgan fingerprint density at radius 1 is 1.19 bits per heavy atom. The van der Waals surface area contributed by atoms with Gasteiger partial charge in [-0.2, -0.15) is 4.98 Å². The van der Waals surface area contributed by atoms with Gasteiger partial charge in [0.2, 0.25) is 11.9 Å². The molecule has 0 aliphatic rings. The number of amides is 1. The number of nitrogens with zero attached hydrogens (tertiary/aromatic N) is 4. The third-order valence-corrected chi connectivity index (χ3v) is 6.30. The van der Waals surface area contributed by atoms with Crippen molar-refractivity contribution in [2.24, 2.45) is 0 Å². The molecular formula is C28H33N7O2. The number of rotatable bonds is 10. The molecule has 37 heavy (non-hydrogen) atoms. The molecule has 1 unspecified atom stereocenters. The fourth-order valence-electron chi connectivity index (χ4n) is 3.92. The molecule has 2 aromatic carbocycles. The summed E-state index contributed by atoms with van der Waals surface area (Å²) in [6.45, 7) is 8.44. The molecule has 0 aliphatic heterocycles. The van der Waals surface area contributed by atoms with Crippen molar-refractivity contribution in [2.45, 2.75) is 19.9 Å². The molecule has 0 fully saturated rings. The summed E-state index contributed by atoms with van der Waals surface area (Å²) >= 11 is 0. The number of ether oxygens (including phenoxy) is 1. The molecule has 3 N–H and O–H groups in total. The van der Waals surface area contributed by atoms with E-state index in [1.54, 1.807) is 19.4 Å². The number of carbonyl (C=O) groups excluding carboxylic acids is 1. The van der Waals surface area contributed by atoms with Gasteiger partial charge in [0, 0.05) is 36.4 Å². The molecule has 0 saturated carbocycles. The Balaban J connectivity index is 1.68. The molecule has 4 rings (SSSR count). The van der Waals surface area contributed by atoms with E-state index >= 15 is 0 Å². The Morgan fingerprint density at radius 2 is 1.97 bits per heavy atom. The number of hydrogen-bond acceptors (Lipinski definition) is 7. The molecule has 1 amide bonds. The summed E-state index contributed by atoms with van der Waals surface area (Å²) in [7, 11) is 5.64. The maximum atomic E-state index is 12.2. The predicted molar refractivity (Wildman–Crippen MR) is 150 cm³/mol. The average Bonchev–Trinajstić information content (AvgIpc) is 3.24. The van der Waals surface area contributed by atoms with Crippen LogP contribution in [0.25, 0.3) is 16.7 Å². The number of nitrogens with one attached hydrogen (secondary N) is 3. The van der Waals surface area contributed by atoms with Crippen molar-refractivity contribution in [3.05, 3.63) is 73.1 Å². The van der Waals surface area contributed by atoms with E-state index < -0.39 is 0 Å². The van der Waals surface area contributed by atoms with E-state index in [1.807, 2.05) is 42.9 Å². The van der Waals surface area contributed by atoms with Crippen LogP contribution in [0.2, 0.25) is 0 Å². The lowest BCUT2D eigenvalue weighted by Crippen LogP contribution is -2.31. The largest absolute Gasteiger partial charge is 0.494 e. The Hall–Kier alpha value is -4.37. The first-order valence-corrected chi connectivity index (χ1v) is 12.0. The normalized spacial score (nSPS) is 11.8. The van der Waals surface area contributed by atoms with Gasteiger partial charge in [-0.25, -0.2) is 4.98 Å². The second kappa shape index (κ2) is 11.1. The molecular weight excluding hydrogens is 466 g/mol. The summed E-state index contributed by atoms with van der Waals surface area (Å²) < 4.78 is 7.71. The second-order valence-corrected chi connectivity index (χ2v) is 9.05. The van der Waals surface area contributed by atoms with Crippen LogP contribution >= 0.6 is 0 Å². The van der Waals surface area contributed by atoms with Gasteiger partial charge in [-0.3, -0.25) is 4.79 Å². The summed E-state index contributed by atoms with van der Waals surface area (Å²) in [5.41, 5.74) is 4.16. The molecule has 192 valence electrons. The number of benzene rings is 2. The molecule has 0 saturated heterocycles. The van der Waals surface area contributed by atoms with Gasteiger partial charge >= 0.3 is 0 Å². The first-order chi connectivity index (χ1) is 17.8. The molecule has 1 atom stereocenters. The van der Waals surface area contributed by atoms with Gasteiger partial charge in [0.25, 0.3) is 0 Å². The third kappa shape index (κ3) is 5.73. The highest BCUT2D eigenvalue weighted by atomic mass is 16.5. The van der Waals surface area contributed by atoms with Gasteiger partial charge in [-0.15, -0.1) is 0 Å². The third-order valence-electron chi connectivity index (χ3n) is 6.30. The van der Waals surface area contributed by atoms with E-state index in [2.05, 4.69) is 64.6 Å². The van der Waals surface area contributed by atoms with E-state index in [0.717, 1.165) is 17.0 Å². The molecule has 9 nitrogen and oxygen atoms in total. The highest BCUT2D eigenvalue weighted by Crippen LogP contribution is 2.36. The lowest BCUT2D eigenvalue weighted by molar-refractivity contribution is -0.111. The average molecular weight is 500 g/mol. The van der Waals surface area contributed by atoms with Gasteiger partial charge in [0.1, 0.15) is 11.6 Å². The van der Waals surface area contributed by atoms with Crippen LogP contribution in [0, 0.1) is 6.92 Å². The Labute approximate surface area is 217 Å². The number of fused-ring (bicyclic) bond motifs is 1. The molecule has 4 aromatic rings. The summed E-state index contributed by atoms with van der Waals surface area (Å²) in [4.78, 5) is 23.4. The molecule has 2 heterocycles. The number of carbonyl (C=O) groups is 1. The molecule has 0 aliphatic carbocycles. The van der Waals surface area contributed by atoms with Crippen molar-refractivity contribution >= 4 is 39.8 Å². The van der Waals surface area contributed by atoms with Gasteiger partial charge in [0.05, 0.1) is 29.7 Å². The first-order valence-electron chi connectivity index (χ1n) is 12.0. The van der Waals surface area contributed by atoms with Crippen molar-refractivity contribution in [2.75, 3.05) is 43.7 Å². The lowest BCUT2D eigenvalue weighted by Gasteiger charge is -2.23. The number of para-hydroxylation sites is 1. The minimum absolute atomic E-state index is 0.274. The Morgan fingerprint density at radius 3 is 2.70 bits per heavy atom. The molecule has 0 bridgehead atoms. The zero-order valence-corrected chi connectivity index (χ0v) is 21.9. The van der Waals surface area contributed by atoms with Crippen LogP contribution in [0.4, 0.5) is 23.0 Å². The van der Waals surface area contributed by atoms with E-state index in [-0.39, 0.29) is 11.9 Å². The fraction of sp³-hybridized carbons (Fsp3) is 0.250. The summed E-state index contributed by atoms with van der Waals surface area (Å²) in [5, 5.41) is 10.7. The van der Waals surface area contributed by atoms with Crippen LogP contribution in [0.5, 0.6) is 5.75 Å². The number of methoxy groups -OCH3 is 1. The minimum Gasteiger partial charge on any atom is -0.494 e. The quantitative estimate of drug-likeness (QED) is 0.265. The fourth-order valence-corrected chi connectivity index (χ4v) is 3.92. The maximum Gasteiger partial charge on any atom is 0.247 e. The second-order valence-electron chi connectivity index (χ2n) is 9.05.